The van der Waals surface area contributed by atoms with E-state index >= 15 is 0 Å². The van der Waals surface area contributed by atoms with E-state index in [-0.39, 0.29) is 5.97 Å². The molecule has 0 radical (unpaired) electrons. The van der Waals surface area contributed by atoms with Crippen LogP contribution in [0.25, 0.3) is 0 Å². The number of esters is 1. The lowest BCUT2D eigenvalue weighted by Gasteiger charge is -2.19. The molecule has 1 aromatic heterocycles. The summed E-state index contributed by atoms with van der Waals surface area (Å²) in [7, 11) is 3.03. The Kier molecular flexibility index (Phi) is 11.9. The first-order chi connectivity index (χ1) is 16.8. The fourth-order valence-corrected chi connectivity index (χ4v) is 4.39. The Hall–Kier alpha value is -2.78. The van der Waals surface area contributed by atoms with Gasteiger partial charge in [0.15, 0.2) is 0 Å². The maximum Gasteiger partial charge on any atom is 0.305 e. The number of methoxy groups -OCH3 is 2. The number of ether oxygens (including phenoxy) is 3. The molecule has 35 heavy (non-hydrogen) atoms. The van der Waals surface area contributed by atoms with Crippen LogP contribution < -0.4 is 21.3 Å². The minimum absolute atomic E-state index is 0.216. The van der Waals surface area contributed by atoms with Crippen LogP contribution in [-0.2, 0) is 33.9 Å². The number of nitrogen functional groups attached to an aromatic ring is 1. The smallest absolute Gasteiger partial charge is 0.305 e. The zero-order valence-electron chi connectivity index (χ0n) is 20.7. The molecule has 0 fully saturated rings. The lowest BCUT2D eigenvalue weighted by Crippen LogP contribution is -2.31. The Labute approximate surface area is 216 Å². The van der Waals surface area contributed by atoms with E-state index < -0.39 is 0 Å². The van der Waals surface area contributed by atoms with Gasteiger partial charge in [0.25, 0.3) is 0 Å². The quantitative estimate of drug-likeness (QED) is 0.158. The van der Waals surface area contributed by atoms with E-state index in [1.54, 1.807) is 12.1 Å². The molecule has 0 unspecified atom stereocenters. The van der Waals surface area contributed by atoms with Crippen molar-refractivity contribution in [3.63, 3.8) is 0 Å². The third-order valence-corrected chi connectivity index (χ3v) is 6.75. The summed E-state index contributed by atoms with van der Waals surface area (Å²) in [6.45, 7) is 5.67. The number of aryl methyl sites for hydroxylation is 2. The van der Waals surface area contributed by atoms with Crippen molar-refractivity contribution in [3.05, 3.63) is 74.4 Å². The standard InChI is InChI=1S/C17H19ClO4S.C9H15N3/c1-20-14-5-3-12(4-6-14)10-22-11-13-9-15(23-17(13)18)7-8-16(19)21-2;1-3-12(11)8-6-4-5-7(2)9(8)10/h3-6,9H,7-8,10-11H2,1-2H3;4-6H,3,10-11H2,1-2H3. The molecule has 4 N–H and O–H groups in total. The largest absolute Gasteiger partial charge is 0.497 e. The maximum atomic E-state index is 11.2. The van der Waals surface area contributed by atoms with Crippen molar-refractivity contribution in [2.45, 2.75) is 39.9 Å². The molecule has 0 saturated carbocycles. The van der Waals surface area contributed by atoms with Gasteiger partial charge in [0, 0.05) is 17.0 Å². The number of nitrogens with two attached hydrogens (primary N) is 2. The Morgan fingerprint density at radius 2 is 1.83 bits per heavy atom. The van der Waals surface area contributed by atoms with Gasteiger partial charge in [-0.25, -0.2) is 5.84 Å². The zero-order valence-corrected chi connectivity index (χ0v) is 22.2. The summed E-state index contributed by atoms with van der Waals surface area (Å²) in [5, 5.41) is 1.64. The van der Waals surface area contributed by atoms with Crippen LogP contribution in [0.4, 0.5) is 11.4 Å². The highest BCUT2D eigenvalue weighted by Gasteiger charge is 2.10. The van der Waals surface area contributed by atoms with E-state index in [4.69, 9.17) is 32.7 Å². The van der Waals surface area contributed by atoms with Crippen molar-refractivity contribution in [1.82, 2.24) is 0 Å². The van der Waals surface area contributed by atoms with E-state index in [1.807, 2.05) is 62.4 Å². The van der Waals surface area contributed by atoms with Gasteiger partial charge in [-0.15, -0.1) is 11.3 Å². The number of rotatable bonds is 10. The number of anilines is 2. The third-order valence-electron chi connectivity index (χ3n) is 5.25. The number of para-hydroxylation sites is 1. The fraction of sp³-hybridized carbons (Fsp3) is 0.346. The van der Waals surface area contributed by atoms with Crippen molar-refractivity contribution in [2.24, 2.45) is 5.84 Å². The van der Waals surface area contributed by atoms with Gasteiger partial charge in [0.2, 0.25) is 0 Å². The second-order valence-electron chi connectivity index (χ2n) is 7.72. The van der Waals surface area contributed by atoms with Crippen molar-refractivity contribution < 1.29 is 19.0 Å². The number of carbonyl (C=O) groups is 1. The predicted molar refractivity (Wildman–Crippen MR) is 144 cm³/mol. The molecule has 0 amide bonds. The Morgan fingerprint density at radius 3 is 2.46 bits per heavy atom. The summed E-state index contributed by atoms with van der Waals surface area (Å²) < 4.78 is 16.2. The van der Waals surface area contributed by atoms with Gasteiger partial charge in [0.1, 0.15) is 5.75 Å². The van der Waals surface area contributed by atoms with E-state index in [2.05, 4.69) is 4.74 Å². The number of thiophene rings is 1. The first-order valence-electron chi connectivity index (χ1n) is 11.2. The first-order valence-corrected chi connectivity index (χ1v) is 12.4. The van der Waals surface area contributed by atoms with Crippen LogP contribution in [0.5, 0.6) is 5.75 Å². The number of carbonyl (C=O) groups excluding carboxylic acids is 1. The number of halogens is 1. The second kappa shape index (κ2) is 14.6. The van der Waals surface area contributed by atoms with Crippen LogP contribution in [-0.4, -0.2) is 26.7 Å². The van der Waals surface area contributed by atoms with Crippen molar-refractivity contribution in [1.29, 1.82) is 0 Å². The van der Waals surface area contributed by atoms with Crippen molar-refractivity contribution >= 4 is 40.3 Å². The lowest BCUT2D eigenvalue weighted by molar-refractivity contribution is -0.140. The highest BCUT2D eigenvalue weighted by Crippen LogP contribution is 2.29. The second-order valence-corrected chi connectivity index (χ2v) is 9.46. The summed E-state index contributed by atoms with van der Waals surface area (Å²) in [5.74, 6) is 6.33. The lowest BCUT2D eigenvalue weighted by atomic mass is 10.1. The van der Waals surface area contributed by atoms with Crippen LogP contribution in [0.3, 0.4) is 0 Å². The number of hydrazine groups is 1. The van der Waals surface area contributed by atoms with Gasteiger partial charge in [-0.2, -0.15) is 0 Å². The normalized spacial score (nSPS) is 10.3. The third kappa shape index (κ3) is 9.07. The summed E-state index contributed by atoms with van der Waals surface area (Å²) in [6, 6.07) is 15.6. The molecule has 0 aliphatic heterocycles. The van der Waals surface area contributed by atoms with Gasteiger partial charge in [-0.05, 0) is 55.7 Å². The highest BCUT2D eigenvalue weighted by molar-refractivity contribution is 7.16. The van der Waals surface area contributed by atoms with Crippen molar-refractivity contribution in [3.8, 4) is 5.75 Å². The molecule has 7 nitrogen and oxygen atoms in total. The Balaban J connectivity index is 0.000000303. The van der Waals surface area contributed by atoms with Gasteiger partial charge in [-0.1, -0.05) is 35.9 Å². The van der Waals surface area contributed by atoms with E-state index in [0.29, 0.717) is 30.4 Å². The summed E-state index contributed by atoms with van der Waals surface area (Å²) in [5.41, 5.74) is 10.6. The topological polar surface area (TPSA) is 100 Å². The monoisotopic (exact) mass is 519 g/mol. The molecule has 0 aliphatic carbocycles. The van der Waals surface area contributed by atoms with Crippen LogP contribution in [0.1, 0.15) is 34.9 Å². The molecule has 9 heteroatoms. The van der Waals surface area contributed by atoms with Crippen LogP contribution in [0, 0.1) is 6.92 Å². The molecule has 0 bridgehead atoms. The molecule has 0 saturated heterocycles. The van der Waals surface area contributed by atoms with Crippen molar-refractivity contribution in [2.75, 3.05) is 31.5 Å². The number of nitrogens with zero attached hydrogens (tertiary/aromatic N) is 1. The molecule has 3 aromatic rings. The first kappa shape index (κ1) is 28.5. The van der Waals surface area contributed by atoms with E-state index in [0.717, 1.165) is 45.2 Å². The maximum absolute atomic E-state index is 11.2. The average Bonchev–Trinajstić information content (AvgIpc) is 3.23. The highest BCUT2D eigenvalue weighted by atomic mass is 35.5. The van der Waals surface area contributed by atoms with Crippen LogP contribution in [0.15, 0.2) is 48.5 Å². The summed E-state index contributed by atoms with van der Waals surface area (Å²) >= 11 is 7.70. The Bertz CT molecular complexity index is 1070. The summed E-state index contributed by atoms with van der Waals surface area (Å²) in [6.07, 6.45) is 0.995. The number of hydrogen-bond donors (Lipinski definition) is 2. The molecular weight excluding hydrogens is 486 g/mol. The fourth-order valence-electron chi connectivity index (χ4n) is 3.10. The predicted octanol–water partition coefficient (Wildman–Crippen LogP) is 5.51. The van der Waals surface area contributed by atoms with Gasteiger partial charge in [0.05, 0.1) is 49.6 Å². The minimum Gasteiger partial charge on any atom is -0.497 e. The van der Waals surface area contributed by atoms with Crippen LogP contribution >= 0.6 is 22.9 Å². The average molecular weight is 520 g/mol. The molecule has 3 rings (SSSR count). The SMILES string of the molecule is CCN(N)c1cccc(C)c1N.COC(=O)CCc1cc(COCc2ccc(OC)cc2)c(Cl)s1. The number of benzene rings is 2. The molecule has 1 heterocycles. The van der Waals surface area contributed by atoms with Gasteiger partial charge in [-0.3, -0.25) is 4.79 Å². The molecule has 0 atom stereocenters. The molecule has 190 valence electrons. The zero-order chi connectivity index (χ0) is 25.8. The number of hydrogen-bond acceptors (Lipinski definition) is 8. The van der Waals surface area contributed by atoms with E-state index in [9.17, 15) is 4.79 Å². The van der Waals surface area contributed by atoms with E-state index in [1.165, 1.54) is 18.4 Å². The molecule has 0 spiro atoms. The Morgan fingerprint density at radius 1 is 1.11 bits per heavy atom. The minimum atomic E-state index is -0.216. The summed E-state index contributed by atoms with van der Waals surface area (Å²) in [4.78, 5) is 12.2. The van der Waals surface area contributed by atoms with Crippen LogP contribution in [0.2, 0.25) is 4.34 Å². The van der Waals surface area contributed by atoms with Gasteiger partial charge >= 0.3 is 5.97 Å². The molecule has 0 aliphatic rings. The molecule has 2 aromatic carbocycles. The molecular formula is C26H34ClN3O4S. The van der Waals surface area contributed by atoms with Gasteiger partial charge < -0.3 is 25.0 Å².